The van der Waals surface area contributed by atoms with Crippen LogP contribution >= 0.6 is 0 Å². The van der Waals surface area contributed by atoms with Gasteiger partial charge in [-0.05, 0) is 159 Å². The average molecular weight is 757 g/mol. The highest BCUT2D eigenvalue weighted by molar-refractivity contribution is 6.29. The summed E-state index contributed by atoms with van der Waals surface area (Å²) < 4.78 is 0. The molecular weight excluding hydrogens is 701 g/mol. The Labute approximate surface area is 345 Å². The third kappa shape index (κ3) is 6.61. The van der Waals surface area contributed by atoms with Crippen LogP contribution in [-0.2, 0) is 0 Å². The minimum atomic E-state index is 0.545. The van der Waals surface area contributed by atoms with E-state index in [4.69, 9.17) is 0 Å². The minimum absolute atomic E-state index is 0.545. The number of hydrogen-bond donors (Lipinski definition) is 0. The third-order valence-corrected chi connectivity index (χ3v) is 13.7. The molecular formula is C56H56N2. The third-order valence-electron chi connectivity index (χ3n) is 13.7. The Morgan fingerprint density at radius 1 is 0.328 bits per heavy atom. The molecule has 2 nitrogen and oxygen atoms in total. The molecule has 10 rings (SSSR count). The van der Waals surface area contributed by atoms with Gasteiger partial charge in [-0.25, -0.2) is 0 Å². The summed E-state index contributed by atoms with van der Waals surface area (Å²) in [7, 11) is 0. The minimum Gasteiger partial charge on any atom is -0.310 e. The summed E-state index contributed by atoms with van der Waals surface area (Å²) in [4.78, 5) is 5.09. The molecule has 0 amide bonds. The van der Waals surface area contributed by atoms with Crippen LogP contribution in [0.3, 0.4) is 0 Å². The van der Waals surface area contributed by atoms with Crippen molar-refractivity contribution in [3.8, 4) is 0 Å². The Hall–Kier alpha value is -5.60. The van der Waals surface area contributed by atoms with Crippen molar-refractivity contribution in [3.63, 3.8) is 0 Å². The number of nitrogens with zero attached hydrogens (tertiary/aromatic N) is 2. The summed E-state index contributed by atoms with van der Waals surface area (Å²) >= 11 is 0. The van der Waals surface area contributed by atoms with Crippen molar-refractivity contribution in [2.45, 2.75) is 104 Å². The molecule has 58 heavy (non-hydrogen) atoms. The van der Waals surface area contributed by atoms with Crippen molar-refractivity contribution in [2.75, 3.05) is 9.80 Å². The molecule has 290 valence electrons. The van der Waals surface area contributed by atoms with Crippen LogP contribution in [0.1, 0.15) is 109 Å². The summed E-state index contributed by atoms with van der Waals surface area (Å²) in [5.74, 6) is 1.09. The van der Waals surface area contributed by atoms with Gasteiger partial charge in [0.1, 0.15) is 0 Å². The van der Waals surface area contributed by atoms with Crippen LogP contribution in [0.2, 0.25) is 0 Å². The molecule has 0 aromatic heterocycles. The molecule has 0 unspecified atom stereocenters. The number of hydrogen-bond acceptors (Lipinski definition) is 2. The molecule has 2 fully saturated rings. The molecule has 0 spiro atoms. The lowest BCUT2D eigenvalue weighted by Crippen LogP contribution is -2.14. The van der Waals surface area contributed by atoms with E-state index in [1.807, 2.05) is 0 Å². The van der Waals surface area contributed by atoms with E-state index in [0.717, 1.165) is 0 Å². The van der Waals surface area contributed by atoms with E-state index >= 15 is 0 Å². The first-order valence-electron chi connectivity index (χ1n) is 22.1. The first-order valence-corrected chi connectivity index (χ1v) is 22.1. The molecule has 8 aromatic rings. The molecule has 0 N–H and O–H groups in total. The second-order valence-corrected chi connectivity index (χ2v) is 17.7. The summed E-state index contributed by atoms with van der Waals surface area (Å²) in [5, 5.41) is 8.42. The molecule has 2 heteroatoms. The monoisotopic (exact) mass is 756 g/mol. The van der Waals surface area contributed by atoms with Crippen LogP contribution in [0.15, 0.2) is 133 Å². The van der Waals surface area contributed by atoms with E-state index in [1.54, 1.807) is 0 Å². The van der Waals surface area contributed by atoms with Gasteiger partial charge in [-0.3, -0.25) is 0 Å². The van der Waals surface area contributed by atoms with Crippen LogP contribution in [-0.4, -0.2) is 0 Å². The first kappa shape index (κ1) is 36.7. The van der Waals surface area contributed by atoms with Crippen LogP contribution in [0, 0.1) is 27.7 Å². The van der Waals surface area contributed by atoms with E-state index in [0.29, 0.717) is 11.8 Å². The first-order chi connectivity index (χ1) is 28.4. The summed E-state index contributed by atoms with van der Waals surface area (Å²) in [5.41, 5.74) is 15.5. The van der Waals surface area contributed by atoms with Gasteiger partial charge < -0.3 is 9.80 Å². The zero-order chi connectivity index (χ0) is 39.3. The largest absolute Gasteiger partial charge is 0.310 e. The lowest BCUT2D eigenvalue weighted by molar-refractivity contribution is 0.445. The van der Waals surface area contributed by atoms with Gasteiger partial charge in [0, 0.05) is 33.5 Å². The molecule has 0 heterocycles. The van der Waals surface area contributed by atoms with Gasteiger partial charge >= 0.3 is 0 Å². The summed E-state index contributed by atoms with van der Waals surface area (Å²) in [6.07, 6.45) is 12.9. The fraction of sp³-hybridized carbons (Fsp3) is 0.286. The van der Waals surface area contributed by atoms with Crippen LogP contribution in [0.5, 0.6) is 0 Å². The highest BCUT2D eigenvalue weighted by Crippen LogP contribution is 2.53. The van der Waals surface area contributed by atoms with Crippen molar-refractivity contribution in [3.05, 3.63) is 167 Å². The van der Waals surface area contributed by atoms with Gasteiger partial charge in [0.25, 0.3) is 0 Å². The van der Waals surface area contributed by atoms with E-state index in [9.17, 15) is 0 Å². The zero-order valence-electron chi connectivity index (χ0n) is 34.8. The van der Waals surface area contributed by atoms with Gasteiger partial charge in [-0.1, -0.05) is 134 Å². The maximum absolute atomic E-state index is 2.60. The van der Waals surface area contributed by atoms with E-state index < -0.39 is 0 Å². The topological polar surface area (TPSA) is 6.48 Å². The molecule has 0 atom stereocenters. The van der Waals surface area contributed by atoms with Gasteiger partial charge in [-0.2, -0.15) is 0 Å². The van der Waals surface area contributed by atoms with Crippen molar-refractivity contribution in [2.24, 2.45) is 0 Å². The molecule has 2 saturated carbocycles. The van der Waals surface area contributed by atoms with E-state index in [2.05, 4.69) is 171 Å². The van der Waals surface area contributed by atoms with E-state index in [-0.39, 0.29) is 0 Å². The fourth-order valence-electron chi connectivity index (χ4n) is 10.5. The number of benzene rings is 8. The van der Waals surface area contributed by atoms with Crippen molar-refractivity contribution in [1.29, 1.82) is 0 Å². The standard InChI is InChI=1S/C56H56N2/c1-37-15-23-43(24-16-37)57(44-25-17-38(2)18-26-44)53-35-51(41-11-7-5-8-12-41)47-32-34-50-54(58(45-27-19-39(3)20-28-45)46-29-21-40(4)22-30-46)36-52(42-13-9-6-10-14-42)48-31-33-49(53)55(47)56(48)50/h15-36,41-42H,5-14H2,1-4H3. The fourth-order valence-corrected chi connectivity index (χ4v) is 10.5. The molecule has 0 aliphatic heterocycles. The Morgan fingerprint density at radius 2 is 0.603 bits per heavy atom. The Morgan fingerprint density at radius 3 is 0.897 bits per heavy atom. The maximum atomic E-state index is 2.60. The smallest absolute Gasteiger partial charge is 0.0543 e. The highest BCUT2D eigenvalue weighted by Gasteiger charge is 2.29. The lowest BCUT2D eigenvalue weighted by atomic mass is 9.77. The Kier molecular flexibility index (Phi) is 9.68. The Bertz CT molecular complexity index is 2410. The molecule has 2 aliphatic carbocycles. The van der Waals surface area contributed by atoms with Crippen molar-refractivity contribution in [1.82, 2.24) is 0 Å². The molecule has 0 saturated heterocycles. The number of rotatable bonds is 8. The molecule has 2 aliphatic rings. The van der Waals surface area contributed by atoms with Crippen LogP contribution < -0.4 is 9.80 Å². The molecule has 0 radical (unpaired) electrons. The number of anilines is 6. The summed E-state index contributed by atoms with van der Waals surface area (Å²) in [6.45, 7) is 8.76. The second kappa shape index (κ2) is 15.3. The van der Waals surface area contributed by atoms with Crippen molar-refractivity contribution < 1.29 is 0 Å². The predicted octanol–water partition coefficient (Wildman–Crippen LogP) is 16.9. The van der Waals surface area contributed by atoms with Crippen LogP contribution in [0.25, 0.3) is 32.3 Å². The predicted molar refractivity (Wildman–Crippen MR) is 250 cm³/mol. The van der Waals surface area contributed by atoms with Crippen LogP contribution in [0.4, 0.5) is 34.1 Å². The number of aryl methyl sites for hydroxylation is 4. The molecule has 8 aromatic carbocycles. The maximum Gasteiger partial charge on any atom is 0.0543 e. The van der Waals surface area contributed by atoms with Crippen molar-refractivity contribution >= 4 is 66.4 Å². The van der Waals surface area contributed by atoms with Gasteiger partial charge in [0.2, 0.25) is 0 Å². The SMILES string of the molecule is Cc1ccc(N(c2ccc(C)cc2)c2cc(C3CCCCC3)c3ccc4c(N(c5ccc(C)cc5)c5ccc(C)cc5)cc(C5CCCCC5)c5ccc2c3c54)cc1. The second-order valence-electron chi connectivity index (χ2n) is 17.7. The molecule has 0 bridgehead atoms. The Balaban J connectivity index is 1.33. The normalized spacial score (nSPS) is 15.4. The van der Waals surface area contributed by atoms with Gasteiger partial charge in [0.05, 0.1) is 11.4 Å². The summed E-state index contributed by atoms with van der Waals surface area (Å²) in [6, 6.07) is 51.8. The lowest BCUT2D eigenvalue weighted by Gasteiger charge is -2.33. The van der Waals surface area contributed by atoms with Gasteiger partial charge in [-0.15, -0.1) is 0 Å². The average Bonchev–Trinajstić information content (AvgIpc) is 3.26. The van der Waals surface area contributed by atoms with E-state index in [1.165, 1.54) is 164 Å². The van der Waals surface area contributed by atoms with Gasteiger partial charge in [0.15, 0.2) is 0 Å². The highest BCUT2D eigenvalue weighted by atomic mass is 15.1. The zero-order valence-corrected chi connectivity index (χ0v) is 34.8. The quantitative estimate of drug-likeness (QED) is 0.142.